The van der Waals surface area contributed by atoms with Crippen LogP contribution in [0.1, 0.15) is 5.56 Å². The van der Waals surface area contributed by atoms with Crippen molar-refractivity contribution in [2.24, 2.45) is 5.73 Å². The van der Waals surface area contributed by atoms with E-state index in [4.69, 9.17) is 27.3 Å². The first-order valence-corrected chi connectivity index (χ1v) is 6.06. The minimum absolute atomic E-state index is 0.0436. The lowest BCUT2D eigenvalue weighted by Gasteiger charge is -2.07. The zero-order valence-corrected chi connectivity index (χ0v) is 11.1. The van der Waals surface area contributed by atoms with Gasteiger partial charge in [0.1, 0.15) is 17.3 Å². The lowest BCUT2D eigenvalue weighted by atomic mass is 10.1. The quantitative estimate of drug-likeness (QED) is 0.865. The molecule has 5 heteroatoms. The summed E-state index contributed by atoms with van der Waals surface area (Å²) in [6.45, 7) is 0. The Morgan fingerprint density at radius 2 is 1.85 bits per heavy atom. The van der Waals surface area contributed by atoms with Crippen molar-refractivity contribution in [3.8, 4) is 17.6 Å². The van der Waals surface area contributed by atoms with Crippen LogP contribution in [0.4, 0.5) is 4.39 Å². The van der Waals surface area contributed by atoms with Crippen LogP contribution in [-0.2, 0) is 0 Å². The Kier molecular flexibility index (Phi) is 4.24. The minimum atomic E-state index is -0.540. The van der Waals surface area contributed by atoms with Crippen LogP contribution in [0, 0.1) is 17.1 Å². The Morgan fingerprint density at radius 1 is 1.20 bits per heavy atom. The molecule has 0 aliphatic carbocycles. The number of nitriles is 1. The molecule has 0 amide bonds. The van der Waals surface area contributed by atoms with Crippen LogP contribution in [0.15, 0.2) is 48.5 Å². The first kappa shape index (κ1) is 13.9. The molecule has 3 nitrogen and oxygen atoms in total. The zero-order valence-electron chi connectivity index (χ0n) is 10.3. The van der Waals surface area contributed by atoms with E-state index in [2.05, 4.69) is 0 Å². The van der Waals surface area contributed by atoms with Crippen LogP contribution in [0.2, 0.25) is 5.02 Å². The molecule has 0 unspecified atom stereocenters. The highest BCUT2D eigenvalue weighted by atomic mass is 35.5. The third kappa shape index (κ3) is 3.28. The molecule has 0 atom stereocenters. The van der Waals surface area contributed by atoms with Gasteiger partial charge in [0.05, 0.1) is 11.1 Å². The van der Waals surface area contributed by atoms with Crippen molar-refractivity contribution in [1.82, 2.24) is 0 Å². The molecule has 0 radical (unpaired) electrons. The van der Waals surface area contributed by atoms with Gasteiger partial charge in [-0.1, -0.05) is 11.6 Å². The molecule has 100 valence electrons. The maximum Gasteiger partial charge on any atom is 0.145 e. The molecular weight excluding hydrogens is 279 g/mol. The topological polar surface area (TPSA) is 59.0 Å². The van der Waals surface area contributed by atoms with Crippen LogP contribution < -0.4 is 10.5 Å². The highest BCUT2D eigenvalue weighted by Gasteiger charge is 2.03. The lowest BCUT2D eigenvalue weighted by Crippen LogP contribution is -1.95. The van der Waals surface area contributed by atoms with E-state index in [9.17, 15) is 4.39 Å². The van der Waals surface area contributed by atoms with Gasteiger partial charge in [-0.15, -0.1) is 0 Å². The van der Waals surface area contributed by atoms with Crippen molar-refractivity contribution >= 4 is 17.3 Å². The molecule has 2 rings (SSSR count). The highest BCUT2D eigenvalue weighted by molar-refractivity contribution is 6.30. The Labute approximate surface area is 120 Å². The molecule has 0 heterocycles. The summed E-state index contributed by atoms with van der Waals surface area (Å²) in [5.74, 6) is 0.336. The van der Waals surface area contributed by atoms with Gasteiger partial charge < -0.3 is 10.5 Å². The third-order valence-electron chi connectivity index (χ3n) is 2.53. The molecule has 2 aromatic rings. The average Bonchev–Trinajstić information content (AvgIpc) is 2.44. The number of hydrogen-bond donors (Lipinski definition) is 1. The van der Waals surface area contributed by atoms with E-state index in [1.165, 1.54) is 18.2 Å². The third-order valence-corrected chi connectivity index (χ3v) is 2.84. The van der Waals surface area contributed by atoms with E-state index >= 15 is 0 Å². The average molecular weight is 289 g/mol. The molecule has 0 spiro atoms. The van der Waals surface area contributed by atoms with Crippen molar-refractivity contribution in [1.29, 1.82) is 5.26 Å². The fourth-order valence-corrected chi connectivity index (χ4v) is 1.66. The normalized spacial score (nSPS) is 10.9. The standard InChI is InChI=1S/C15H10ClFN2O/c16-13-6-5-12(9-14(13)17)20-11-3-1-10(2-4-11)15(19)7-8-18/h1-7,9H,19H2. The second-order valence-corrected chi connectivity index (χ2v) is 4.34. The number of nitrogens with zero attached hydrogens (tertiary/aromatic N) is 1. The van der Waals surface area contributed by atoms with Crippen LogP contribution in [-0.4, -0.2) is 0 Å². The molecule has 2 N–H and O–H groups in total. The molecule has 0 aromatic heterocycles. The molecule has 20 heavy (non-hydrogen) atoms. The fourth-order valence-electron chi connectivity index (χ4n) is 1.54. The van der Waals surface area contributed by atoms with E-state index in [0.29, 0.717) is 22.8 Å². The Morgan fingerprint density at radius 3 is 2.45 bits per heavy atom. The summed E-state index contributed by atoms with van der Waals surface area (Å²) < 4.78 is 18.8. The molecule has 0 saturated carbocycles. The monoisotopic (exact) mass is 288 g/mol. The molecule has 0 aliphatic rings. The van der Waals surface area contributed by atoms with Crippen molar-refractivity contribution in [2.75, 3.05) is 0 Å². The summed E-state index contributed by atoms with van der Waals surface area (Å²) in [7, 11) is 0. The van der Waals surface area contributed by atoms with Crippen LogP contribution in [0.5, 0.6) is 11.5 Å². The minimum Gasteiger partial charge on any atom is -0.457 e. The molecule has 0 bridgehead atoms. The number of ether oxygens (including phenoxy) is 1. The Balaban J connectivity index is 2.17. The van der Waals surface area contributed by atoms with Gasteiger partial charge in [0, 0.05) is 17.8 Å². The maximum atomic E-state index is 13.3. The molecule has 0 fully saturated rings. The predicted octanol–water partition coefficient (Wildman–Crippen LogP) is 4.09. The van der Waals surface area contributed by atoms with Gasteiger partial charge >= 0.3 is 0 Å². The predicted molar refractivity (Wildman–Crippen MR) is 75.7 cm³/mol. The largest absolute Gasteiger partial charge is 0.457 e. The highest BCUT2D eigenvalue weighted by Crippen LogP contribution is 2.26. The maximum absolute atomic E-state index is 13.3. The SMILES string of the molecule is N#CC=C(N)c1ccc(Oc2ccc(Cl)c(F)c2)cc1. The summed E-state index contributed by atoms with van der Waals surface area (Å²) in [6, 6.07) is 12.9. The van der Waals surface area contributed by atoms with E-state index in [1.54, 1.807) is 30.3 Å². The van der Waals surface area contributed by atoms with Crippen LogP contribution in [0.3, 0.4) is 0 Å². The van der Waals surface area contributed by atoms with Crippen molar-refractivity contribution in [3.63, 3.8) is 0 Å². The summed E-state index contributed by atoms with van der Waals surface area (Å²) in [5, 5.41) is 8.56. The van der Waals surface area contributed by atoms with Gasteiger partial charge in [-0.25, -0.2) is 4.39 Å². The number of allylic oxidation sites excluding steroid dienone is 1. The number of hydrogen-bond acceptors (Lipinski definition) is 3. The Bertz CT molecular complexity index is 690. The summed E-state index contributed by atoms with van der Waals surface area (Å²) in [4.78, 5) is 0. The second kappa shape index (κ2) is 6.09. The number of nitrogens with two attached hydrogens (primary N) is 1. The molecular formula is C15H10ClFN2O. The first-order chi connectivity index (χ1) is 9.60. The summed E-state index contributed by atoms with van der Waals surface area (Å²) >= 11 is 5.59. The van der Waals surface area contributed by atoms with Gasteiger partial charge in [-0.05, 0) is 42.0 Å². The van der Waals surface area contributed by atoms with Crippen LogP contribution in [0.25, 0.3) is 5.70 Å². The van der Waals surface area contributed by atoms with Gasteiger partial charge in [0.15, 0.2) is 0 Å². The number of benzene rings is 2. The van der Waals surface area contributed by atoms with Gasteiger partial charge in [-0.3, -0.25) is 0 Å². The molecule has 2 aromatic carbocycles. The first-order valence-electron chi connectivity index (χ1n) is 5.69. The van der Waals surface area contributed by atoms with E-state index < -0.39 is 5.82 Å². The number of halogens is 2. The zero-order chi connectivity index (χ0) is 14.5. The van der Waals surface area contributed by atoms with E-state index in [0.717, 1.165) is 0 Å². The second-order valence-electron chi connectivity index (χ2n) is 3.93. The summed E-state index contributed by atoms with van der Waals surface area (Å²) in [6.07, 6.45) is 1.25. The van der Waals surface area contributed by atoms with Crippen LogP contribution >= 0.6 is 11.6 Å². The van der Waals surface area contributed by atoms with E-state index in [1.807, 2.05) is 6.07 Å². The Hall–Kier alpha value is -2.51. The number of rotatable bonds is 3. The van der Waals surface area contributed by atoms with Gasteiger partial charge in [0.25, 0.3) is 0 Å². The fraction of sp³-hybridized carbons (Fsp3) is 0. The van der Waals surface area contributed by atoms with E-state index in [-0.39, 0.29) is 5.02 Å². The van der Waals surface area contributed by atoms with Crippen molar-refractivity contribution in [2.45, 2.75) is 0 Å². The lowest BCUT2D eigenvalue weighted by molar-refractivity contribution is 0.477. The molecule has 0 saturated heterocycles. The smallest absolute Gasteiger partial charge is 0.145 e. The van der Waals surface area contributed by atoms with Crippen molar-refractivity contribution < 1.29 is 9.13 Å². The van der Waals surface area contributed by atoms with Gasteiger partial charge in [-0.2, -0.15) is 5.26 Å². The van der Waals surface area contributed by atoms with Gasteiger partial charge in [0.2, 0.25) is 0 Å². The van der Waals surface area contributed by atoms with Crippen molar-refractivity contribution in [3.05, 3.63) is 64.9 Å². The molecule has 0 aliphatic heterocycles. The summed E-state index contributed by atoms with van der Waals surface area (Å²) in [5.41, 5.74) is 6.76.